The van der Waals surface area contributed by atoms with E-state index in [4.69, 9.17) is 0 Å². The maximum Gasteiger partial charge on any atom is 0.191 e. The third-order valence-electron chi connectivity index (χ3n) is 2.33. The number of aryl methyl sites for hydroxylation is 2. The van der Waals surface area contributed by atoms with Crippen LogP contribution in [0.1, 0.15) is 35.8 Å². The van der Waals surface area contributed by atoms with Crippen LogP contribution in [-0.4, -0.2) is 24.0 Å². The minimum absolute atomic E-state index is 0.651. The normalized spacial score (nSPS) is 11.6. The summed E-state index contributed by atoms with van der Waals surface area (Å²) >= 11 is 1.72. The molecular formula is C12H22N4S. The number of aromatic nitrogens is 1. The minimum atomic E-state index is 0.651. The molecule has 0 bridgehead atoms. The molecule has 4 nitrogen and oxygen atoms in total. The molecule has 1 aromatic heterocycles. The summed E-state index contributed by atoms with van der Waals surface area (Å²) in [6.45, 7) is 10.8. The van der Waals surface area contributed by atoms with E-state index in [-0.39, 0.29) is 0 Å². The smallest absolute Gasteiger partial charge is 0.191 e. The van der Waals surface area contributed by atoms with Crippen molar-refractivity contribution in [3.63, 3.8) is 0 Å². The molecule has 0 unspecified atom stereocenters. The zero-order valence-electron chi connectivity index (χ0n) is 11.1. The van der Waals surface area contributed by atoms with Crippen LogP contribution in [0.5, 0.6) is 0 Å². The summed E-state index contributed by atoms with van der Waals surface area (Å²) in [6, 6.07) is 0. The van der Waals surface area contributed by atoms with Gasteiger partial charge < -0.3 is 10.6 Å². The Morgan fingerprint density at radius 3 is 2.59 bits per heavy atom. The van der Waals surface area contributed by atoms with E-state index in [2.05, 4.69) is 41.4 Å². The lowest BCUT2D eigenvalue weighted by Gasteiger charge is -2.09. The van der Waals surface area contributed by atoms with Crippen LogP contribution in [-0.2, 0) is 6.54 Å². The average Bonchev–Trinajstić information content (AvgIpc) is 2.62. The summed E-state index contributed by atoms with van der Waals surface area (Å²) in [5.41, 5.74) is 1.12. The Hall–Kier alpha value is -1.10. The molecule has 0 aliphatic heterocycles. The number of thiazole rings is 1. The van der Waals surface area contributed by atoms with Crippen LogP contribution in [0, 0.1) is 13.8 Å². The summed E-state index contributed by atoms with van der Waals surface area (Å²) in [5, 5.41) is 7.58. The first-order valence-corrected chi connectivity index (χ1v) is 6.94. The van der Waals surface area contributed by atoms with Crippen LogP contribution in [0.25, 0.3) is 0 Å². The molecule has 0 spiro atoms. The van der Waals surface area contributed by atoms with Gasteiger partial charge in [-0.15, -0.1) is 11.3 Å². The van der Waals surface area contributed by atoms with Gasteiger partial charge in [0.1, 0.15) is 5.01 Å². The Bertz CT molecular complexity index is 351. The Balaban J connectivity index is 2.58. The van der Waals surface area contributed by atoms with E-state index in [0.717, 1.165) is 36.2 Å². The van der Waals surface area contributed by atoms with Crippen LogP contribution < -0.4 is 10.6 Å². The Morgan fingerprint density at radius 2 is 2.06 bits per heavy atom. The van der Waals surface area contributed by atoms with Crippen molar-refractivity contribution < 1.29 is 0 Å². The Labute approximate surface area is 108 Å². The SMILES string of the molecule is CCCNC(=NCc1nc(C)c(C)s1)NCC. The van der Waals surface area contributed by atoms with Gasteiger partial charge in [-0.1, -0.05) is 6.92 Å². The lowest BCUT2D eigenvalue weighted by atomic mass is 10.4. The molecule has 96 valence electrons. The molecule has 1 aromatic rings. The number of guanidine groups is 1. The molecule has 0 aliphatic rings. The van der Waals surface area contributed by atoms with E-state index in [9.17, 15) is 0 Å². The standard InChI is InChI=1S/C12H22N4S/c1-5-7-14-12(13-6-2)15-8-11-16-9(3)10(4)17-11/h5-8H2,1-4H3,(H2,13,14,15). The van der Waals surface area contributed by atoms with Crippen LogP contribution in [0.3, 0.4) is 0 Å². The van der Waals surface area contributed by atoms with Gasteiger partial charge in [0.05, 0.1) is 12.2 Å². The third kappa shape index (κ3) is 4.73. The molecule has 1 rings (SSSR count). The first-order valence-electron chi connectivity index (χ1n) is 6.12. The van der Waals surface area contributed by atoms with Crippen LogP contribution >= 0.6 is 11.3 Å². The zero-order chi connectivity index (χ0) is 12.7. The highest BCUT2D eigenvalue weighted by molar-refractivity contribution is 7.11. The van der Waals surface area contributed by atoms with Crippen molar-refractivity contribution in [3.8, 4) is 0 Å². The average molecular weight is 254 g/mol. The summed E-state index contributed by atoms with van der Waals surface area (Å²) in [5.74, 6) is 0.875. The Morgan fingerprint density at radius 1 is 1.29 bits per heavy atom. The van der Waals surface area contributed by atoms with E-state index in [1.165, 1.54) is 4.88 Å². The molecule has 0 aliphatic carbocycles. The molecule has 0 fully saturated rings. The zero-order valence-corrected chi connectivity index (χ0v) is 11.9. The Kier molecular flexibility index (Phi) is 5.97. The minimum Gasteiger partial charge on any atom is -0.357 e. The molecular weight excluding hydrogens is 232 g/mol. The molecule has 17 heavy (non-hydrogen) atoms. The van der Waals surface area contributed by atoms with Crippen molar-refractivity contribution in [3.05, 3.63) is 15.6 Å². The van der Waals surface area contributed by atoms with E-state index in [1.54, 1.807) is 11.3 Å². The van der Waals surface area contributed by atoms with Crippen molar-refractivity contribution in [2.75, 3.05) is 13.1 Å². The van der Waals surface area contributed by atoms with Gasteiger partial charge in [-0.25, -0.2) is 9.98 Å². The van der Waals surface area contributed by atoms with Crippen molar-refractivity contribution in [1.82, 2.24) is 15.6 Å². The van der Waals surface area contributed by atoms with E-state index < -0.39 is 0 Å². The number of nitrogens with one attached hydrogen (secondary N) is 2. The second-order valence-electron chi connectivity index (χ2n) is 3.87. The molecule has 0 saturated heterocycles. The highest BCUT2D eigenvalue weighted by Gasteiger charge is 2.03. The maximum absolute atomic E-state index is 4.52. The molecule has 0 amide bonds. The first kappa shape index (κ1) is 14.0. The van der Waals surface area contributed by atoms with Gasteiger partial charge in [0.2, 0.25) is 0 Å². The van der Waals surface area contributed by atoms with Crippen LogP contribution in [0.15, 0.2) is 4.99 Å². The highest BCUT2D eigenvalue weighted by Crippen LogP contribution is 2.16. The van der Waals surface area contributed by atoms with Gasteiger partial charge in [0.25, 0.3) is 0 Å². The molecule has 1 heterocycles. The lowest BCUT2D eigenvalue weighted by molar-refractivity contribution is 0.784. The highest BCUT2D eigenvalue weighted by atomic mass is 32.1. The first-order chi connectivity index (χ1) is 8.17. The second kappa shape index (κ2) is 7.27. The molecule has 0 radical (unpaired) electrons. The fourth-order valence-corrected chi connectivity index (χ4v) is 2.20. The van der Waals surface area contributed by atoms with Crippen molar-refractivity contribution >= 4 is 17.3 Å². The van der Waals surface area contributed by atoms with Gasteiger partial charge in [0.15, 0.2) is 5.96 Å². The number of hydrogen-bond donors (Lipinski definition) is 2. The molecule has 5 heteroatoms. The topological polar surface area (TPSA) is 49.3 Å². The monoisotopic (exact) mass is 254 g/mol. The van der Waals surface area contributed by atoms with Gasteiger partial charge in [0, 0.05) is 18.0 Å². The lowest BCUT2D eigenvalue weighted by Crippen LogP contribution is -2.37. The van der Waals surface area contributed by atoms with E-state index in [1.807, 2.05) is 6.92 Å². The third-order valence-corrected chi connectivity index (χ3v) is 3.39. The van der Waals surface area contributed by atoms with Gasteiger partial charge in [-0.2, -0.15) is 0 Å². The van der Waals surface area contributed by atoms with E-state index in [0.29, 0.717) is 6.54 Å². The van der Waals surface area contributed by atoms with Crippen molar-refractivity contribution in [2.45, 2.75) is 40.7 Å². The fourth-order valence-electron chi connectivity index (χ4n) is 1.34. The van der Waals surface area contributed by atoms with Gasteiger partial charge >= 0.3 is 0 Å². The number of rotatable bonds is 5. The summed E-state index contributed by atoms with van der Waals surface area (Å²) in [7, 11) is 0. The molecule has 0 saturated carbocycles. The predicted molar refractivity (Wildman–Crippen MR) is 74.7 cm³/mol. The molecule has 0 aromatic carbocycles. The number of aliphatic imine (C=N–C) groups is 1. The fraction of sp³-hybridized carbons (Fsp3) is 0.667. The second-order valence-corrected chi connectivity index (χ2v) is 5.16. The van der Waals surface area contributed by atoms with Crippen molar-refractivity contribution in [1.29, 1.82) is 0 Å². The number of nitrogens with zero attached hydrogens (tertiary/aromatic N) is 2. The van der Waals surface area contributed by atoms with Gasteiger partial charge in [-0.3, -0.25) is 0 Å². The maximum atomic E-state index is 4.52. The summed E-state index contributed by atoms with van der Waals surface area (Å²) < 4.78 is 0. The number of hydrogen-bond acceptors (Lipinski definition) is 3. The molecule has 2 N–H and O–H groups in total. The molecule has 0 atom stereocenters. The van der Waals surface area contributed by atoms with Crippen LogP contribution in [0.2, 0.25) is 0 Å². The summed E-state index contributed by atoms with van der Waals surface area (Å²) in [6.07, 6.45) is 1.10. The van der Waals surface area contributed by atoms with Gasteiger partial charge in [-0.05, 0) is 27.2 Å². The summed E-state index contributed by atoms with van der Waals surface area (Å²) in [4.78, 5) is 10.3. The predicted octanol–water partition coefficient (Wildman–Crippen LogP) is 2.23. The largest absolute Gasteiger partial charge is 0.357 e. The van der Waals surface area contributed by atoms with Crippen LogP contribution in [0.4, 0.5) is 0 Å². The quantitative estimate of drug-likeness (QED) is 0.626. The van der Waals surface area contributed by atoms with Crippen molar-refractivity contribution in [2.24, 2.45) is 4.99 Å². The van der Waals surface area contributed by atoms with E-state index >= 15 is 0 Å².